The Bertz CT molecular complexity index is 1100. The van der Waals surface area contributed by atoms with Gasteiger partial charge in [0.05, 0.1) is 12.3 Å². The Balaban J connectivity index is 1.81. The van der Waals surface area contributed by atoms with Gasteiger partial charge in [0, 0.05) is 34.4 Å². The molecule has 0 bridgehead atoms. The zero-order valence-electron chi connectivity index (χ0n) is 18.9. The molecule has 33 heavy (non-hydrogen) atoms. The average molecular weight is 483 g/mol. The normalized spacial score (nSPS) is 15.5. The van der Waals surface area contributed by atoms with E-state index in [0.717, 1.165) is 35.0 Å². The first kappa shape index (κ1) is 23.1. The number of esters is 1. The Kier molecular flexibility index (Phi) is 7.20. The van der Waals surface area contributed by atoms with Gasteiger partial charge in [0.25, 0.3) is 0 Å². The molecule has 1 atom stereocenters. The first-order valence-electron chi connectivity index (χ1n) is 11.1. The number of carbonyl (C=O) groups is 1. The van der Waals surface area contributed by atoms with Crippen LogP contribution >= 0.6 is 22.9 Å². The van der Waals surface area contributed by atoms with Crippen molar-refractivity contribution in [2.75, 3.05) is 34.5 Å². The second-order valence-corrected chi connectivity index (χ2v) is 8.83. The number of halogens is 1. The van der Waals surface area contributed by atoms with Crippen LogP contribution < -0.4 is 14.8 Å². The van der Waals surface area contributed by atoms with Crippen LogP contribution in [0.25, 0.3) is 0 Å². The van der Waals surface area contributed by atoms with Gasteiger partial charge in [-0.05, 0) is 80.7 Å². The van der Waals surface area contributed by atoms with Crippen LogP contribution in [0, 0.1) is 0 Å². The summed E-state index contributed by atoms with van der Waals surface area (Å²) in [6, 6.07) is 19.8. The van der Waals surface area contributed by atoms with Crippen LogP contribution in [-0.2, 0) is 9.53 Å². The summed E-state index contributed by atoms with van der Waals surface area (Å²) >= 11 is 7.74. The molecule has 0 saturated carbocycles. The van der Waals surface area contributed by atoms with Crippen molar-refractivity contribution in [2.24, 2.45) is 5.10 Å². The lowest BCUT2D eigenvalue weighted by molar-refractivity contribution is -0.135. The number of hydrogen-bond acceptors (Lipinski definition) is 7. The van der Waals surface area contributed by atoms with E-state index in [9.17, 15) is 4.79 Å². The van der Waals surface area contributed by atoms with Crippen LogP contribution in [-0.4, -0.2) is 31.5 Å². The summed E-state index contributed by atoms with van der Waals surface area (Å²) in [5.74, 6) is -0.205. The molecule has 0 unspecified atom stereocenters. The van der Waals surface area contributed by atoms with Crippen LogP contribution in [0.3, 0.4) is 0 Å². The predicted octanol–water partition coefficient (Wildman–Crippen LogP) is 6.15. The largest absolute Gasteiger partial charge is 0.460 e. The molecule has 0 saturated heterocycles. The minimum atomic E-state index is -0.455. The Morgan fingerprint density at radius 2 is 1.70 bits per heavy atom. The van der Waals surface area contributed by atoms with Crippen LogP contribution in [0.4, 0.5) is 17.1 Å². The Morgan fingerprint density at radius 1 is 1.03 bits per heavy atom. The molecule has 1 aromatic heterocycles. The molecule has 0 fully saturated rings. The zero-order chi connectivity index (χ0) is 23.4. The number of carbonyl (C=O) groups excluding carboxylic acids is 1. The molecule has 0 spiro atoms. The van der Waals surface area contributed by atoms with E-state index in [0.29, 0.717) is 5.02 Å². The first-order chi connectivity index (χ1) is 16.1. The quantitative estimate of drug-likeness (QED) is 0.360. The van der Waals surface area contributed by atoms with Crippen LogP contribution in [0.2, 0.25) is 5.02 Å². The maximum Gasteiger partial charge on any atom is 0.376 e. The highest BCUT2D eigenvalue weighted by Crippen LogP contribution is 2.41. The number of thiophene rings is 1. The van der Waals surface area contributed by atoms with Gasteiger partial charge in [-0.25, -0.2) is 9.80 Å². The SMILES string of the molecule is CCOC(=O)C1=NN(c2ccc(Cl)cc2)[C@@H](c2cccs2)N1c1ccc(N(CC)CC)cc1. The van der Waals surface area contributed by atoms with E-state index in [2.05, 4.69) is 36.9 Å². The summed E-state index contributed by atoms with van der Waals surface area (Å²) in [4.78, 5) is 18.3. The number of rotatable bonds is 8. The highest BCUT2D eigenvalue weighted by molar-refractivity contribution is 7.10. The lowest BCUT2D eigenvalue weighted by atomic mass is 10.2. The van der Waals surface area contributed by atoms with E-state index in [-0.39, 0.29) is 18.6 Å². The summed E-state index contributed by atoms with van der Waals surface area (Å²) in [7, 11) is 0. The second kappa shape index (κ2) is 10.3. The van der Waals surface area contributed by atoms with Gasteiger partial charge in [-0.3, -0.25) is 4.90 Å². The number of benzene rings is 2. The molecular weight excluding hydrogens is 456 g/mol. The molecule has 172 valence electrons. The molecule has 0 radical (unpaired) electrons. The summed E-state index contributed by atoms with van der Waals surface area (Å²) in [6.07, 6.45) is -0.329. The maximum atomic E-state index is 13.0. The van der Waals surface area contributed by atoms with Crippen molar-refractivity contribution in [3.8, 4) is 0 Å². The van der Waals surface area contributed by atoms with E-state index in [1.165, 1.54) is 0 Å². The number of anilines is 3. The lowest BCUT2D eigenvalue weighted by Crippen LogP contribution is -2.38. The summed E-state index contributed by atoms with van der Waals surface area (Å²) in [6.45, 7) is 8.20. The summed E-state index contributed by atoms with van der Waals surface area (Å²) < 4.78 is 5.38. The zero-order valence-corrected chi connectivity index (χ0v) is 20.5. The van der Waals surface area contributed by atoms with E-state index in [1.54, 1.807) is 18.3 Å². The van der Waals surface area contributed by atoms with E-state index in [4.69, 9.17) is 21.4 Å². The average Bonchev–Trinajstić information content (AvgIpc) is 3.49. The maximum absolute atomic E-state index is 13.0. The molecule has 6 nitrogen and oxygen atoms in total. The number of hydrogen-bond donors (Lipinski definition) is 0. The van der Waals surface area contributed by atoms with Gasteiger partial charge < -0.3 is 9.64 Å². The van der Waals surface area contributed by atoms with Gasteiger partial charge in [0.1, 0.15) is 0 Å². The van der Waals surface area contributed by atoms with Crippen LogP contribution in [0.15, 0.2) is 71.1 Å². The van der Waals surface area contributed by atoms with E-state index in [1.807, 2.05) is 57.8 Å². The molecule has 0 aliphatic carbocycles. The second-order valence-electron chi connectivity index (χ2n) is 7.41. The van der Waals surface area contributed by atoms with E-state index < -0.39 is 5.97 Å². The van der Waals surface area contributed by atoms with Crippen LogP contribution in [0.1, 0.15) is 31.8 Å². The van der Waals surface area contributed by atoms with Gasteiger partial charge in [0.2, 0.25) is 5.84 Å². The number of amidine groups is 1. The summed E-state index contributed by atoms with van der Waals surface area (Å²) in [5, 5.41) is 9.27. The predicted molar refractivity (Wildman–Crippen MR) is 138 cm³/mol. The molecule has 2 aromatic carbocycles. The monoisotopic (exact) mass is 482 g/mol. The molecular formula is C25H27ClN4O2S. The standard InChI is InChI=1S/C25H27ClN4O2S/c1-4-28(5-2)19-13-15-20(16-14-19)29-23(25(31)32-6-3)27-30(21-11-9-18(26)10-12-21)24(29)22-8-7-17-33-22/h7-17,24H,4-6H2,1-3H3/t24-/m0/s1. The molecule has 2 heterocycles. The fourth-order valence-electron chi connectivity index (χ4n) is 3.92. The highest BCUT2D eigenvalue weighted by atomic mass is 35.5. The molecule has 8 heteroatoms. The van der Waals surface area contributed by atoms with Crippen molar-refractivity contribution in [3.05, 3.63) is 75.9 Å². The lowest BCUT2D eigenvalue weighted by Gasteiger charge is -2.31. The minimum absolute atomic E-state index is 0.251. The third-order valence-corrected chi connectivity index (χ3v) is 6.67. The number of hydrazone groups is 1. The molecule has 1 aliphatic rings. The van der Waals surface area contributed by atoms with Crippen molar-refractivity contribution in [1.82, 2.24) is 0 Å². The minimum Gasteiger partial charge on any atom is -0.460 e. The van der Waals surface area contributed by atoms with Crippen LogP contribution in [0.5, 0.6) is 0 Å². The van der Waals surface area contributed by atoms with Crippen molar-refractivity contribution >= 4 is 51.8 Å². The topological polar surface area (TPSA) is 48.4 Å². The fraction of sp³-hybridized carbons (Fsp3) is 0.280. The van der Waals surface area contributed by atoms with Gasteiger partial charge >= 0.3 is 5.97 Å². The Morgan fingerprint density at radius 3 is 2.27 bits per heavy atom. The van der Waals surface area contributed by atoms with Crippen molar-refractivity contribution < 1.29 is 9.53 Å². The van der Waals surface area contributed by atoms with Crippen molar-refractivity contribution in [2.45, 2.75) is 26.9 Å². The first-order valence-corrected chi connectivity index (χ1v) is 12.3. The van der Waals surface area contributed by atoms with Gasteiger partial charge in [-0.15, -0.1) is 16.4 Å². The van der Waals surface area contributed by atoms with Gasteiger partial charge in [-0.1, -0.05) is 17.7 Å². The third kappa shape index (κ3) is 4.70. The Hall–Kier alpha value is -3.03. The van der Waals surface area contributed by atoms with Gasteiger partial charge in [-0.2, -0.15) is 0 Å². The molecule has 1 aliphatic heterocycles. The highest BCUT2D eigenvalue weighted by Gasteiger charge is 2.41. The van der Waals surface area contributed by atoms with Crippen molar-refractivity contribution in [1.29, 1.82) is 0 Å². The molecule has 0 amide bonds. The van der Waals surface area contributed by atoms with E-state index >= 15 is 0 Å². The van der Waals surface area contributed by atoms with Crippen molar-refractivity contribution in [3.63, 3.8) is 0 Å². The molecule has 0 N–H and O–H groups in total. The van der Waals surface area contributed by atoms with Gasteiger partial charge in [0.15, 0.2) is 6.17 Å². The number of nitrogens with zero attached hydrogens (tertiary/aromatic N) is 4. The third-order valence-electron chi connectivity index (χ3n) is 5.51. The molecule has 4 rings (SSSR count). The number of ether oxygens (including phenoxy) is 1. The molecule has 3 aromatic rings. The summed E-state index contributed by atoms with van der Waals surface area (Å²) in [5.41, 5.74) is 2.84. The smallest absolute Gasteiger partial charge is 0.376 e. The Labute approximate surface area is 203 Å². The fourth-order valence-corrected chi connectivity index (χ4v) is 4.84.